The summed E-state index contributed by atoms with van der Waals surface area (Å²) in [5, 5.41) is 0. The fourth-order valence-electron chi connectivity index (χ4n) is 3.20. The molecule has 0 bridgehead atoms. The van der Waals surface area contributed by atoms with Crippen molar-refractivity contribution in [2.75, 3.05) is 7.11 Å². The summed E-state index contributed by atoms with van der Waals surface area (Å²) in [5.41, 5.74) is 3.81. The molecule has 0 fully saturated rings. The lowest BCUT2D eigenvalue weighted by Crippen LogP contribution is -2.05. The predicted molar refractivity (Wildman–Crippen MR) is 144 cm³/mol. The highest BCUT2D eigenvalue weighted by Gasteiger charge is 2.25. The Bertz CT molecular complexity index is 1300. The number of nitrogens with zero attached hydrogens (tertiary/aromatic N) is 1. The summed E-state index contributed by atoms with van der Waals surface area (Å²) in [6.07, 6.45) is 1.67. The number of hydrogen-bond donors (Lipinski definition) is 0. The Kier molecular flexibility index (Phi) is 7.55. The van der Waals surface area contributed by atoms with Crippen LogP contribution in [0.25, 0.3) is 6.08 Å². The molecule has 4 rings (SSSR count). The van der Waals surface area contributed by atoms with E-state index in [2.05, 4.69) is 59.4 Å². The van der Waals surface area contributed by atoms with Crippen LogP contribution < -0.4 is 9.47 Å². The molecule has 0 unspecified atom stereocenters. The maximum absolute atomic E-state index is 12.4. The number of carbonyl (C=O) groups is 1. The van der Waals surface area contributed by atoms with Crippen LogP contribution in [0.15, 0.2) is 74.2 Å². The number of hydrogen-bond acceptors (Lipinski definition) is 5. The molecule has 1 aliphatic heterocycles. The normalized spacial score (nSPS) is 14.3. The van der Waals surface area contributed by atoms with Crippen molar-refractivity contribution in [2.45, 2.75) is 13.5 Å². The Morgan fingerprint density at radius 2 is 1.88 bits per heavy atom. The predicted octanol–water partition coefficient (Wildman–Crippen LogP) is 7.06. The highest BCUT2D eigenvalue weighted by molar-refractivity contribution is 14.1. The zero-order valence-corrected chi connectivity index (χ0v) is 23.0. The Morgan fingerprint density at radius 3 is 2.61 bits per heavy atom. The summed E-state index contributed by atoms with van der Waals surface area (Å²) >= 11 is 9.35. The van der Waals surface area contributed by atoms with Crippen LogP contribution in [0.4, 0.5) is 0 Å². The molecule has 1 aliphatic rings. The lowest BCUT2D eigenvalue weighted by molar-refractivity contribution is -0.129. The minimum absolute atomic E-state index is 0.219. The van der Waals surface area contributed by atoms with E-state index in [1.165, 1.54) is 0 Å². The van der Waals surface area contributed by atoms with Crippen LogP contribution in [-0.2, 0) is 16.1 Å². The first-order valence-corrected chi connectivity index (χ1v) is 12.5. The van der Waals surface area contributed by atoms with E-state index in [0.29, 0.717) is 28.5 Å². The molecule has 0 radical (unpaired) electrons. The molecule has 0 N–H and O–H groups in total. The third kappa shape index (κ3) is 5.50. The molecule has 0 saturated heterocycles. The molecule has 3 aromatic rings. The van der Waals surface area contributed by atoms with Crippen LogP contribution in [-0.4, -0.2) is 19.0 Å². The average Bonchev–Trinajstić information content (AvgIpc) is 3.15. The van der Waals surface area contributed by atoms with E-state index in [1.807, 2.05) is 55.5 Å². The molecule has 0 amide bonds. The number of methoxy groups -OCH3 is 1. The number of aryl methyl sites for hydroxylation is 1. The average molecular weight is 683 g/mol. The van der Waals surface area contributed by atoms with Gasteiger partial charge in [0, 0.05) is 19.2 Å². The molecule has 0 atom stereocenters. The molecule has 8 heteroatoms. The topological polar surface area (TPSA) is 57.1 Å². The number of ether oxygens (including phenoxy) is 3. The SMILES string of the molecule is COc1cc(/C=C2\N=C(c3ccc(I)c(C)c3)OC2=O)cc(Br)c1OCc1ccccc1Br. The molecular weight excluding hydrogens is 665 g/mol. The van der Waals surface area contributed by atoms with E-state index in [-0.39, 0.29) is 5.70 Å². The molecule has 0 aromatic heterocycles. The second-order valence-electron chi connectivity index (χ2n) is 7.21. The zero-order valence-electron chi connectivity index (χ0n) is 17.7. The van der Waals surface area contributed by atoms with Crippen LogP contribution in [0.5, 0.6) is 11.5 Å². The first-order valence-electron chi connectivity index (χ1n) is 9.88. The molecule has 5 nitrogen and oxygen atoms in total. The first kappa shape index (κ1) is 24.0. The van der Waals surface area contributed by atoms with Gasteiger partial charge in [0.25, 0.3) is 0 Å². The van der Waals surface area contributed by atoms with Gasteiger partial charge in [0.1, 0.15) is 6.61 Å². The van der Waals surface area contributed by atoms with E-state index in [0.717, 1.165) is 30.3 Å². The molecule has 0 aliphatic carbocycles. The number of benzene rings is 3. The van der Waals surface area contributed by atoms with Crippen molar-refractivity contribution in [1.29, 1.82) is 0 Å². The van der Waals surface area contributed by atoms with Gasteiger partial charge < -0.3 is 14.2 Å². The zero-order chi connectivity index (χ0) is 23.5. The van der Waals surface area contributed by atoms with Crippen LogP contribution in [0.2, 0.25) is 0 Å². The fraction of sp³-hybridized carbons (Fsp3) is 0.120. The maximum atomic E-state index is 12.4. The fourth-order valence-corrected chi connectivity index (χ4v) is 4.51. The molecule has 0 saturated carbocycles. The van der Waals surface area contributed by atoms with Crippen molar-refractivity contribution in [3.63, 3.8) is 0 Å². The van der Waals surface area contributed by atoms with E-state index in [1.54, 1.807) is 19.3 Å². The number of esters is 1. The van der Waals surface area contributed by atoms with Crippen LogP contribution in [0.3, 0.4) is 0 Å². The number of aliphatic imine (C=N–C) groups is 1. The van der Waals surface area contributed by atoms with E-state index < -0.39 is 5.97 Å². The second kappa shape index (κ2) is 10.4. The van der Waals surface area contributed by atoms with Gasteiger partial charge in [-0.2, -0.15) is 0 Å². The molecule has 1 heterocycles. The third-order valence-corrected chi connectivity index (χ3v) is 7.48. The first-order chi connectivity index (χ1) is 15.9. The molecule has 33 heavy (non-hydrogen) atoms. The quantitative estimate of drug-likeness (QED) is 0.159. The lowest BCUT2D eigenvalue weighted by atomic mass is 10.1. The Balaban J connectivity index is 1.60. The number of halogens is 3. The Hall–Kier alpha value is -2.17. The second-order valence-corrected chi connectivity index (χ2v) is 10.1. The number of rotatable bonds is 6. The lowest BCUT2D eigenvalue weighted by Gasteiger charge is -2.14. The monoisotopic (exact) mass is 681 g/mol. The van der Waals surface area contributed by atoms with Crippen LogP contribution >= 0.6 is 54.5 Å². The van der Waals surface area contributed by atoms with Crippen molar-refractivity contribution in [2.24, 2.45) is 4.99 Å². The van der Waals surface area contributed by atoms with E-state index in [4.69, 9.17) is 14.2 Å². The van der Waals surface area contributed by atoms with Gasteiger partial charge in [-0.15, -0.1) is 0 Å². The smallest absolute Gasteiger partial charge is 0.363 e. The maximum Gasteiger partial charge on any atom is 0.363 e. The Morgan fingerprint density at radius 1 is 1.09 bits per heavy atom. The number of cyclic esters (lactones) is 1. The van der Waals surface area contributed by atoms with Gasteiger partial charge in [-0.1, -0.05) is 34.1 Å². The summed E-state index contributed by atoms with van der Waals surface area (Å²) < 4.78 is 19.8. The Labute approximate surface area is 222 Å². The van der Waals surface area contributed by atoms with Gasteiger partial charge in [-0.05, 0) is 99.0 Å². The molecule has 168 valence electrons. The van der Waals surface area contributed by atoms with Crippen LogP contribution in [0.1, 0.15) is 22.3 Å². The summed E-state index contributed by atoms with van der Waals surface area (Å²) in [4.78, 5) is 16.8. The van der Waals surface area contributed by atoms with Gasteiger partial charge in [0.2, 0.25) is 5.90 Å². The van der Waals surface area contributed by atoms with Crippen molar-refractivity contribution < 1.29 is 19.0 Å². The van der Waals surface area contributed by atoms with E-state index >= 15 is 0 Å². The van der Waals surface area contributed by atoms with Crippen molar-refractivity contribution in [1.82, 2.24) is 0 Å². The summed E-state index contributed by atoms with van der Waals surface area (Å²) in [5.74, 6) is 0.908. The van der Waals surface area contributed by atoms with Crippen molar-refractivity contribution in [3.05, 3.63) is 95.1 Å². The summed E-state index contributed by atoms with van der Waals surface area (Å²) in [6, 6.07) is 17.3. The van der Waals surface area contributed by atoms with Gasteiger partial charge in [0.15, 0.2) is 17.2 Å². The summed E-state index contributed by atoms with van der Waals surface area (Å²) in [7, 11) is 1.57. The van der Waals surface area contributed by atoms with Gasteiger partial charge >= 0.3 is 5.97 Å². The molecular formula is C25H18Br2INO4. The third-order valence-electron chi connectivity index (χ3n) is 4.91. The van der Waals surface area contributed by atoms with Gasteiger partial charge in [-0.25, -0.2) is 9.79 Å². The van der Waals surface area contributed by atoms with Gasteiger partial charge in [-0.3, -0.25) is 0 Å². The number of carbonyl (C=O) groups excluding carboxylic acids is 1. The van der Waals surface area contributed by atoms with Gasteiger partial charge in [0.05, 0.1) is 11.6 Å². The minimum Gasteiger partial charge on any atom is -0.493 e. The minimum atomic E-state index is -0.495. The standard InChI is InChI=1S/C25H18Br2INO4/c1-14-9-16(7-8-20(14)28)24-29-21(25(30)33-24)11-15-10-19(27)23(22(12-15)31-2)32-13-17-5-3-4-6-18(17)26/h3-12H,13H2,1-2H3/b21-11-. The summed E-state index contributed by atoms with van der Waals surface area (Å²) in [6.45, 7) is 2.37. The molecule has 0 spiro atoms. The van der Waals surface area contributed by atoms with Crippen molar-refractivity contribution in [3.8, 4) is 11.5 Å². The van der Waals surface area contributed by atoms with Crippen molar-refractivity contribution >= 4 is 72.4 Å². The highest BCUT2D eigenvalue weighted by atomic mass is 127. The van der Waals surface area contributed by atoms with E-state index in [9.17, 15) is 4.79 Å². The highest BCUT2D eigenvalue weighted by Crippen LogP contribution is 2.38. The largest absolute Gasteiger partial charge is 0.493 e. The molecule has 3 aromatic carbocycles. The van der Waals surface area contributed by atoms with Crippen LogP contribution in [0, 0.1) is 10.5 Å².